The summed E-state index contributed by atoms with van der Waals surface area (Å²) in [5.74, 6) is -3.95. The van der Waals surface area contributed by atoms with E-state index in [2.05, 4.69) is 5.32 Å². The average molecular weight is 369 g/mol. The number of carbonyl (C=O) groups excluding carboxylic acids is 2. The number of benzene rings is 3. The van der Waals surface area contributed by atoms with Crippen molar-refractivity contribution in [3.8, 4) is 0 Å². The lowest BCUT2D eigenvalue weighted by molar-refractivity contribution is -0.142. The fourth-order valence-corrected chi connectivity index (χ4v) is 2.94. The van der Waals surface area contributed by atoms with Crippen molar-refractivity contribution in [2.75, 3.05) is 7.11 Å². The SMILES string of the molecule is COC(=O)[C@@H](Cc1cccc2ccccc12)NC(=O)c1cccc(F)c1F. The van der Waals surface area contributed by atoms with Crippen LogP contribution in [-0.4, -0.2) is 25.0 Å². The molecule has 0 saturated carbocycles. The highest BCUT2D eigenvalue weighted by molar-refractivity contribution is 5.97. The number of esters is 1. The van der Waals surface area contributed by atoms with Gasteiger partial charge in [0.25, 0.3) is 5.91 Å². The first-order chi connectivity index (χ1) is 13.0. The van der Waals surface area contributed by atoms with Crippen molar-refractivity contribution in [2.24, 2.45) is 0 Å². The van der Waals surface area contributed by atoms with Crippen molar-refractivity contribution in [2.45, 2.75) is 12.5 Å². The molecule has 1 N–H and O–H groups in total. The van der Waals surface area contributed by atoms with Crippen LogP contribution in [0.25, 0.3) is 10.8 Å². The number of ether oxygens (including phenoxy) is 1. The minimum Gasteiger partial charge on any atom is -0.467 e. The molecule has 3 rings (SSSR count). The van der Waals surface area contributed by atoms with Crippen LogP contribution in [0.15, 0.2) is 60.7 Å². The van der Waals surface area contributed by atoms with E-state index in [0.29, 0.717) is 0 Å². The molecule has 1 atom stereocenters. The molecular weight excluding hydrogens is 352 g/mol. The molecule has 0 aliphatic carbocycles. The monoisotopic (exact) mass is 369 g/mol. The molecule has 0 radical (unpaired) electrons. The number of halogens is 2. The normalized spacial score (nSPS) is 11.8. The van der Waals surface area contributed by atoms with Gasteiger partial charge in [0.15, 0.2) is 11.6 Å². The van der Waals surface area contributed by atoms with E-state index in [1.807, 2.05) is 42.5 Å². The van der Waals surface area contributed by atoms with Gasteiger partial charge < -0.3 is 10.1 Å². The van der Waals surface area contributed by atoms with Crippen LogP contribution in [0.4, 0.5) is 8.78 Å². The summed E-state index contributed by atoms with van der Waals surface area (Å²) in [6.45, 7) is 0. The van der Waals surface area contributed by atoms with Gasteiger partial charge in [-0.3, -0.25) is 4.79 Å². The first-order valence-electron chi connectivity index (χ1n) is 8.30. The minimum absolute atomic E-state index is 0.150. The Morgan fingerprint density at radius 3 is 2.48 bits per heavy atom. The maximum absolute atomic E-state index is 13.9. The smallest absolute Gasteiger partial charge is 0.328 e. The number of hydrogen-bond donors (Lipinski definition) is 1. The van der Waals surface area contributed by atoms with Gasteiger partial charge in [0.1, 0.15) is 6.04 Å². The fraction of sp³-hybridized carbons (Fsp3) is 0.143. The van der Waals surface area contributed by atoms with E-state index in [9.17, 15) is 18.4 Å². The summed E-state index contributed by atoms with van der Waals surface area (Å²) in [4.78, 5) is 24.5. The molecule has 0 saturated heterocycles. The summed E-state index contributed by atoms with van der Waals surface area (Å²) in [7, 11) is 1.20. The standard InChI is InChI=1S/C21H17F2NO3/c1-27-21(26)18(24-20(25)16-10-5-11-17(22)19(16)23)12-14-8-4-7-13-6-2-3-9-15(13)14/h2-11,18H,12H2,1H3,(H,24,25)/t18-/m1/s1. The van der Waals surface area contributed by atoms with Crippen LogP contribution in [0.2, 0.25) is 0 Å². The van der Waals surface area contributed by atoms with Crippen LogP contribution in [0.3, 0.4) is 0 Å². The van der Waals surface area contributed by atoms with Gasteiger partial charge in [-0.2, -0.15) is 0 Å². The Bertz CT molecular complexity index is 998. The topological polar surface area (TPSA) is 55.4 Å². The Labute approximate surface area is 154 Å². The number of carbonyl (C=O) groups is 2. The van der Waals surface area contributed by atoms with Gasteiger partial charge in [-0.15, -0.1) is 0 Å². The zero-order chi connectivity index (χ0) is 19.4. The molecule has 3 aromatic rings. The predicted octanol–water partition coefficient (Wildman–Crippen LogP) is 3.63. The zero-order valence-corrected chi connectivity index (χ0v) is 14.5. The Morgan fingerprint density at radius 2 is 1.70 bits per heavy atom. The summed E-state index contributed by atoms with van der Waals surface area (Å²) in [6.07, 6.45) is 0.150. The van der Waals surface area contributed by atoms with E-state index < -0.39 is 35.1 Å². The molecule has 0 fully saturated rings. The van der Waals surface area contributed by atoms with Gasteiger partial charge in [-0.1, -0.05) is 48.5 Å². The molecule has 1 amide bonds. The van der Waals surface area contributed by atoms with Gasteiger partial charge in [-0.05, 0) is 28.5 Å². The van der Waals surface area contributed by atoms with Crippen molar-refractivity contribution in [3.05, 3.63) is 83.4 Å². The maximum Gasteiger partial charge on any atom is 0.328 e. The van der Waals surface area contributed by atoms with Gasteiger partial charge in [0, 0.05) is 6.42 Å². The van der Waals surface area contributed by atoms with E-state index in [4.69, 9.17) is 4.74 Å². The number of rotatable bonds is 5. The lowest BCUT2D eigenvalue weighted by Crippen LogP contribution is -2.43. The van der Waals surface area contributed by atoms with Crippen molar-refractivity contribution in [1.29, 1.82) is 0 Å². The zero-order valence-electron chi connectivity index (χ0n) is 14.5. The van der Waals surface area contributed by atoms with Crippen LogP contribution < -0.4 is 5.32 Å². The molecule has 0 unspecified atom stereocenters. The van der Waals surface area contributed by atoms with Gasteiger partial charge in [0.05, 0.1) is 12.7 Å². The van der Waals surface area contributed by atoms with Crippen LogP contribution in [0.5, 0.6) is 0 Å². The molecule has 3 aromatic carbocycles. The second-order valence-corrected chi connectivity index (χ2v) is 5.99. The van der Waals surface area contributed by atoms with Crippen LogP contribution in [0.1, 0.15) is 15.9 Å². The third-order valence-corrected chi connectivity index (χ3v) is 4.29. The highest BCUT2D eigenvalue weighted by atomic mass is 19.2. The van der Waals surface area contributed by atoms with E-state index in [0.717, 1.165) is 28.5 Å². The Morgan fingerprint density at radius 1 is 1.00 bits per heavy atom. The molecular formula is C21H17F2NO3. The van der Waals surface area contributed by atoms with Crippen molar-refractivity contribution >= 4 is 22.6 Å². The lowest BCUT2D eigenvalue weighted by atomic mass is 9.98. The van der Waals surface area contributed by atoms with Crippen LogP contribution in [0, 0.1) is 11.6 Å². The Hall–Kier alpha value is -3.28. The lowest BCUT2D eigenvalue weighted by Gasteiger charge is -2.18. The van der Waals surface area contributed by atoms with Crippen LogP contribution in [-0.2, 0) is 16.0 Å². The molecule has 0 spiro atoms. The number of methoxy groups -OCH3 is 1. The number of fused-ring (bicyclic) bond motifs is 1. The molecule has 4 nitrogen and oxygen atoms in total. The second-order valence-electron chi connectivity index (χ2n) is 5.99. The van der Waals surface area contributed by atoms with E-state index in [1.165, 1.54) is 13.2 Å². The minimum atomic E-state index is -1.26. The number of nitrogens with one attached hydrogen (secondary N) is 1. The summed E-state index contributed by atoms with van der Waals surface area (Å²) >= 11 is 0. The predicted molar refractivity (Wildman–Crippen MR) is 97.3 cm³/mol. The van der Waals surface area contributed by atoms with Crippen LogP contribution >= 0.6 is 0 Å². The third kappa shape index (κ3) is 3.95. The van der Waals surface area contributed by atoms with Crippen molar-refractivity contribution in [1.82, 2.24) is 5.32 Å². The summed E-state index contributed by atoms with van der Waals surface area (Å²) in [5, 5.41) is 4.36. The summed E-state index contributed by atoms with van der Waals surface area (Å²) in [6, 6.07) is 15.5. The maximum atomic E-state index is 13.9. The largest absolute Gasteiger partial charge is 0.467 e. The van der Waals surface area contributed by atoms with Gasteiger partial charge >= 0.3 is 5.97 Å². The van der Waals surface area contributed by atoms with E-state index >= 15 is 0 Å². The third-order valence-electron chi connectivity index (χ3n) is 4.29. The van der Waals surface area contributed by atoms with Crippen molar-refractivity contribution in [3.63, 3.8) is 0 Å². The second kappa shape index (κ2) is 7.95. The first-order valence-corrected chi connectivity index (χ1v) is 8.30. The summed E-state index contributed by atoms with van der Waals surface area (Å²) < 4.78 is 32.0. The molecule has 138 valence electrons. The molecule has 0 aliphatic heterocycles. The number of hydrogen-bond acceptors (Lipinski definition) is 3. The molecule has 0 bridgehead atoms. The van der Waals surface area contributed by atoms with E-state index in [-0.39, 0.29) is 6.42 Å². The van der Waals surface area contributed by atoms with E-state index in [1.54, 1.807) is 0 Å². The Kier molecular flexibility index (Phi) is 5.45. The molecule has 0 heterocycles. The summed E-state index contributed by atoms with van der Waals surface area (Å²) in [5.41, 5.74) is 0.352. The van der Waals surface area contributed by atoms with Gasteiger partial charge in [-0.25, -0.2) is 13.6 Å². The molecule has 0 aliphatic rings. The average Bonchev–Trinajstić information content (AvgIpc) is 2.69. The number of amides is 1. The first kappa shape index (κ1) is 18.5. The highest BCUT2D eigenvalue weighted by Crippen LogP contribution is 2.20. The molecule has 6 heteroatoms. The highest BCUT2D eigenvalue weighted by Gasteiger charge is 2.25. The Balaban J connectivity index is 1.89. The van der Waals surface area contributed by atoms with Crippen molar-refractivity contribution < 1.29 is 23.1 Å². The van der Waals surface area contributed by atoms with Gasteiger partial charge in [0.2, 0.25) is 0 Å². The molecule has 27 heavy (non-hydrogen) atoms. The molecule has 0 aromatic heterocycles. The fourth-order valence-electron chi connectivity index (χ4n) is 2.94. The quantitative estimate of drug-likeness (QED) is 0.699.